The third-order valence-corrected chi connectivity index (χ3v) is 8.30. The van der Waals surface area contributed by atoms with Gasteiger partial charge in [-0.25, -0.2) is 4.57 Å². The maximum Gasteiger partial charge on any atom is 0.472 e. The quantitative estimate of drug-likeness (QED) is 0.0402. The normalized spacial score (nSPS) is 14.0. The van der Waals surface area contributed by atoms with Gasteiger partial charge in [0.1, 0.15) is 12.6 Å². The van der Waals surface area contributed by atoms with Crippen LogP contribution in [0.2, 0.25) is 0 Å². The average Bonchev–Trinajstić information content (AvgIpc) is 3.02. The average molecular weight is 684 g/mol. The molecule has 3 atom stereocenters. The highest BCUT2D eigenvalue weighted by Crippen LogP contribution is 2.43. The zero-order valence-corrected chi connectivity index (χ0v) is 29.2. The molecule has 0 saturated carbocycles. The summed E-state index contributed by atoms with van der Waals surface area (Å²) in [6, 6.07) is -1.52. The van der Waals surface area contributed by atoms with Crippen molar-refractivity contribution in [1.29, 1.82) is 0 Å². The first kappa shape index (κ1) is 44.4. The molecule has 272 valence electrons. The number of ether oxygens (including phenoxy) is 4. The Labute approximate surface area is 276 Å². The summed E-state index contributed by atoms with van der Waals surface area (Å²) in [6.07, 6.45) is 18.2. The van der Waals surface area contributed by atoms with E-state index in [-0.39, 0.29) is 19.4 Å². The number of hydrogen-bond acceptors (Lipinski definition) is 11. The Morgan fingerprint density at radius 2 is 1.00 bits per heavy atom. The molecule has 13 nitrogen and oxygen atoms in total. The Bertz CT molecular complexity index is 816. The largest absolute Gasteiger partial charge is 0.480 e. The molecule has 0 aliphatic carbocycles. The summed E-state index contributed by atoms with van der Waals surface area (Å²) in [6.45, 7) is -0.0940. The first-order chi connectivity index (χ1) is 22.1. The molecule has 0 rings (SSSR count). The summed E-state index contributed by atoms with van der Waals surface area (Å²) in [4.78, 5) is 45.5. The van der Waals surface area contributed by atoms with E-state index in [4.69, 9.17) is 34.3 Å². The molecule has 0 fully saturated rings. The second kappa shape index (κ2) is 30.7. The lowest BCUT2D eigenvalue weighted by atomic mass is 10.1. The molecule has 1 unspecified atom stereocenters. The fourth-order valence-electron chi connectivity index (χ4n) is 4.59. The lowest BCUT2D eigenvalue weighted by Crippen LogP contribution is -2.34. The number of methoxy groups -OCH3 is 2. The standard InChI is InChI=1S/C32H62NO12P/c1-40-23-19-15-11-7-3-5-9-13-17-21-30(34)42-25-28(26-43-46(38,39)44-27-29(33)32(36)37)45-31(35)22-18-14-10-6-4-8-12-16-20-24-41-2/h28-29H,3-27,33H2,1-2H3,(H,36,37)(H,38,39)/t28-,29-/m0/s1. The number of unbranched alkanes of at least 4 members (excludes halogenated alkanes) is 16. The third kappa shape index (κ3) is 29.8. The van der Waals surface area contributed by atoms with Crippen molar-refractivity contribution in [2.75, 3.05) is 47.3 Å². The predicted molar refractivity (Wildman–Crippen MR) is 174 cm³/mol. The molecular weight excluding hydrogens is 621 g/mol. The summed E-state index contributed by atoms with van der Waals surface area (Å²) < 4.78 is 42.5. The van der Waals surface area contributed by atoms with Crippen LogP contribution in [-0.2, 0) is 46.9 Å². The van der Waals surface area contributed by atoms with Crippen molar-refractivity contribution in [3.05, 3.63) is 0 Å². The molecule has 0 bridgehead atoms. The fourth-order valence-corrected chi connectivity index (χ4v) is 5.36. The Balaban J connectivity index is 4.46. The molecule has 0 aromatic carbocycles. The lowest BCUT2D eigenvalue weighted by Gasteiger charge is -2.20. The number of carbonyl (C=O) groups excluding carboxylic acids is 2. The number of phosphoric ester groups is 1. The van der Waals surface area contributed by atoms with Crippen molar-refractivity contribution in [2.24, 2.45) is 5.73 Å². The van der Waals surface area contributed by atoms with Gasteiger partial charge >= 0.3 is 25.7 Å². The summed E-state index contributed by atoms with van der Waals surface area (Å²) in [5.74, 6) is -2.41. The van der Waals surface area contributed by atoms with Crippen LogP contribution in [0.4, 0.5) is 0 Å². The van der Waals surface area contributed by atoms with Crippen molar-refractivity contribution in [3.63, 3.8) is 0 Å². The fraction of sp³-hybridized carbons (Fsp3) is 0.906. The molecule has 0 aliphatic heterocycles. The number of phosphoric acid groups is 1. The van der Waals surface area contributed by atoms with E-state index in [0.717, 1.165) is 71.0 Å². The lowest BCUT2D eigenvalue weighted by molar-refractivity contribution is -0.161. The number of carboxylic acid groups (broad SMARTS) is 1. The van der Waals surface area contributed by atoms with Crippen molar-refractivity contribution >= 4 is 25.7 Å². The van der Waals surface area contributed by atoms with E-state index in [1.165, 1.54) is 44.9 Å². The predicted octanol–water partition coefficient (Wildman–Crippen LogP) is 6.08. The van der Waals surface area contributed by atoms with Crippen molar-refractivity contribution in [1.82, 2.24) is 0 Å². The van der Waals surface area contributed by atoms with Crippen LogP contribution in [0.1, 0.15) is 128 Å². The zero-order valence-electron chi connectivity index (χ0n) is 28.3. The van der Waals surface area contributed by atoms with Gasteiger partial charge in [0.2, 0.25) is 0 Å². The molecule has 0 aliphatic rings. The Morgan fingerprint density at radius 1 is 0.609 bits per heavy atom. The minimum absolute atomic E-state index is 0.148. The summed E-state index contributed by atoms with van der Waals surface area (Å²) in [7, 11) is -1.28. The van der Waals surface area contributed by atoms with E-state index in [1.54, 1.807) is 14.2 Å². The molecule has 0 aromatic heterocycles. The van der Waals surface area contributed by atoms with Crippen LogP contribution in [0.15, 0.2) is 0 Å². The van der Waals surface area contributed by atoms with Crippen LogP contribution >= 0.6 is 7.82 Å². The number of hydrogen-bond donors (Lipinski definition) is 3. The number of carbonyl (C=O) groups is 3. The molecule has 0 spiro atoms. The van der Waals surface area contributed by atoms with Gasteiger partial charge in [-0.05, 0) is 25.7 Å². The van der Waals surface area contributed by atoms with E-state index in [0.29, 0.717) is 12.8 Å². The molecule has 0 amide bonds. The Hall–Kier alpha value is -1.60. The highest BCUT2D eigenvalue weighted by Gasteiger charge is 2.28. The molecule has 14 heteroatoms. The minimum atomic E-state index is -4.71. The van der Waals surface area contributed by atoms with E-state index < -0.39 is 51.1 Å². The highest BCUT2D eigenvalue weighted by molar-refractivity contribution is 7.47. The molecule has 0 radical (unpaired) electrons. The van der Waals surface area contributed by atoms with Gasteiger partial charge in [0, 0.05) is 40.3 Å². The number of carboxylic acids is 1. The van der Waals surface area contributed by atoms with Crippen molar-refractivity contribution in [2.45, 2.75) is 141 Å². The smallest absolute Gasteiger partial charge is 0.472 e. The third-order valence-electron chi connectivity index (χ3n) is 7.35. The topological polar surface area (TPSA) is 190 Å². The molecule has 0 heterocycles. The van der Waals surface area contributed by atoms with Crippen LogP contribution in [0.3, 0.4) is 0 Å². The van der Waals surface area contributed by atoms with Crippen molar-refractivity contribution < 1.29 is 56.9 Å². The first-order valence-electron chi connectivity index (χ1n) is 17.0. The zero-order chi connectivity index (χ0) is 34.3. The molecule has 46 heavy (non-hydrogen) atoms. The van der Waals surface area contributed by atoms with Crippen molar-refractivity contribution in [3.8, 4) is 0 Å². The molecular formula is C32H62NO12P. The number of rotatable bonds is 34. The number of nitrogens with two attached hydrogens (primary N) is 1. The minimum Gasteiger partial charge on any atom is -0.480 e. The van der Waals surface area contributed by atoms with Gasteiger partial charge in [-0.3, -0.25) is 23.4 Å². The van der Waals surface area contributed by atoms with Gasteiger partial charge < -0.3 is 34.7 Å². The monoisotopic (exact) mass is 683 g/mol. The van der Waals surface area contributed by atoms with E-state index in [1.807, 2.05) is 0 Å². The summed E-state index contributed by atoms with van der Waals surface area (Å²) in [5, 5.41) is 8.83. The van der Waals surface area contributed by atoms with E-state index in [2.05, 4.69) is 4.52 Å². The number of esters is 2. The second-order valence-electron chi connectivity index (χ2n) is 11.6. The van der Waals surface area contributed by atoms with Gasteiger partial charge in [0.05, 0.1) is 13.2 Å². The first-order valence-corrected chi connectivity index (χ1v) is 18.5. The van der Waals surface area contributed by atoms with Gasteiger partial charge in [0.15, 0.2) is 6.10 Å². The SMILES string of the molecule is COCCCCCCCCCCCC(=O)OC[C@@H](COP(=O)(O)OC[C@H](N)C(=O)O)OC(=O)CCCCCCCCCCCOC. The van der Waals surface area contributed by atoms with Gasteiger partial charge in [-0.15, -0.1) is 0 Å². The molecule has 0 aromatic rings. The maximum absolute atomic E-state index is 12.5. The summed E-state index contributed by atoms with van der Waals surface area (Å²) >= 11 is 0. The Kier molecular flexibility index (Phi) is 29.6. The van der Waals surface area contributed by atoms with Crippen LogP contribution in [0.5, 0.6) is 0 Å². The van der Waals surface area contributed by atoms with Gasteiger partial charge in [-0.1, -0.05) is 89.9 Å². The maximum atomic E-state index is 12.5. The van der Waals surface area contributed by atoms with Gasteiger partial charge in [0.25, 0.3) is 0 Å². The summed E-state index contributed by atoms with van der Waals surface area (Å²) in [5.41, 5.74) is 5.29. The van der Waals surface area contributed by atoms with Crippen LogP contribution in [0.25, 0.3) is 0 Å². The highest BCUT2D eigenvalue weighted by atomic mass is 31.2. The van der Waals surface area contributed by atoms with E-state index in [9.17, 15) is 23.8 Å². The molecule has 4 N–H and O–H groups in total. The van der Waals surface area contributed by atoms with Gasteiger partial charge in [-0.2, -0.15) is 0 Å². The second-order valence-corrected chi connectivity index (χ2v) is 13.1. The van der Waals surface area contributed by atoms with Crippen LogP contribution < -0.4 is 5.73 Å². The van der Waals surface area contributed by atoms with Crippen LogP contribution in [-0.4, -0.2) is 87.3 Å². The molecule has 0 saturated heterocycles. The Morgan fingerprint density at radius 3 is 1.43 bits per heavy atom. The van der Waals surface area contributed by atoms with E-state index >= 15 is 0 Å². The van der Waals surface area contributed by atoms with Crippen LogP contribution in [0, 0.1) is 0 Å². The number of aliphatic carboxylic acids is 1.